The third-order valence-electron chi connectivity index (χ3n) is 6.04. The molecule has 0 saturated carbocycles. The zero-order valence-corrected chi connectivity index (χ0v) is 18.7. The van der Waals surface area contributed by atoms with Crippen molar-refractivity contribution in [1.29, 1.82) is 0 Å². The Morgan fingerprint density at radius 1 is 1.09 bits per heavy atom. The van der Waals surface area contributed by atoms with Crippen LogP contribution in [0, 0.1) is 6.92 Å². The second-order valence-corrected chi connectivity index (χ2v) is 8.64. The molecule has 0 unspecified atom stereocenters. The highest BCUT2D eigenvalue weighted by Crippen LogP contribution is 2.24. The van der Waals surface area contributed by atoms with Crippen LogP contribution in [0.15, 0.2) is 56.2 Å². The number of rotatable bonds is 5. The number of hydrogen-bond donors (Lipinski definition) is 0. The molecule has 5 rings (SSSR count). The molecule has 1 aliphatic rings. The fraction of sp³-hybridized carbons (Fsp3) is 0.348. The maximum absolute atomic E-state index is 12.3. The lowest BCUT2D eigenvalue weighted by molar-refractivity contribution is 0.0710. The van der Waals surface area contributed by atoms with E-state index in [1.54, 1.807) is 16.7 Å². The minimum atomic E-state index is -0.368. The molecule has 0 spiro atoms. The summed E-state index contributed by atoms with van der Waals surface area (Å²) in [5, 5.41) is 4.71. The van der Waals surface area contributed by atoms with Crippen LogP contribution in [-0.2, 0) is 6.67 Å². The van der Waals surface area contributed by atoms with Gasteiger partial charge in [-0.2, -0.15) is 4.98 Å². The molecule has 8 nitrogen and oxygen atoms in total. The smallest absolute Gasteiger partial charge is 0.408 e. The molecule has 4 aromatic rings. The highest BCUT2D eigenvalue weighted by molar-refractivity contribution is 6.31. The zero-order valence-electron chi connectivity index (χ0n) is 18.0. The molecule has 0 radical (unpaired) electrons. The highest BCUT2D eigenvalue weighted by atomic mass is 35.5. The van der Waals surface area contributed by atoms with Gasteiger partial charge in [0.15, 0.2) is 5.58 Å². The molecule has 166 valence electrons. The third-order valence-corrected chi connectivity index (χ3v) is 6.27. The summed E-state index contributed by atoms with van der Waals surface area (Å²) in [5.41, 5.74) is 3.40. The summed E-state index contributed by atoms with van der Waals surface area (Å²) >= 11 is 6.01. The molecule has 1 fully saturated rings. The van der Waals surface area contributed by atoms with Crippen molar-refractivity contribution >= 4 is 22.7 Å². The third kappa shape index (κ3) is 4.09. The van der Waals surface area contributed by atoms with Gasteiger partial charge in [-0.3, -0.25) is 14.4 Å². The second kappa shape index (κ2) is 8.54. The number of nitrogens with zero attached hydrogens (tertiary/aromatic N) is 5. The normalized spacial score (nSPS) is 16.6. The molecule has 1 saturated heterocycles. The van der Waals surface area contributed by atoms with E-state index in [4.69, 9.17) is 20.5 Å². The van der Waals surface area contributed by atoms with Gasteiger partial charge in [0, 0.05) is 42.8 Å². The Hall–Kier alpha value is -2.94. The molecule has 0 aliphatic carbocycles. The quantitative estimate of drug-likeness (QED) is 0.452. The van der Waals surface area contributed by atoms with Crippen molar-refractivity contribution in [3.63, 3.8) is 0 Å². The van der Waals surface area contributed by atoms with Crippen molar-refractivity contribution in [1.82, 2.24) is 24.5 Å². The number of aryl methyl sites for hydroxylation is 1. The van der Waals surface area contributed by atoms with Crippen LogP contribution in [0.5, 0.6) is 0 Å². The van der Waals surface area contributed by atoms with E-state index in [0.717, 1.165) is 37.3 Å². The topological polar surface area (TPSA) is 80.5 Å². The summed E-state index contributed by atoms with van der Waals surface area (Å²) in [6, 6.07) is 13.4. The largest absolute Gasteiger partial charge is 0.421 e. The molecule has 2 aromatic heterocycles. The lowest BCUT2D eigenvalue weighted by Crippen LogP contribution is -2.48. The van der Waals surface area contributed by atoms with Crippen molar-refractivity contribution in [3.8, 4) is 11.4 Å². The van der Waals surface area contributed by atoms with Gasteiger partial charge in [0.2, 0.25) is 11.7 Å². The van der Waals surface area contributed by atoms with E-state index < -0.39 is 0 Å². The Kier molecular flexibility index (Phi) is 5.58. The van der Waals surface area contributed by atoms with Crippen LogP contribution in [0.2, 0.25) is 5.02 Å². The van der Waals surface area contributed by atoms with Gasteiger partial charge in [-0.15, -0.1) is 0 Å². The maximum Gasteiger partial charge on any atom is 0.421 e. The highest BCUT2D eigenvalue weighted by Gasteiger charge is 2.26. The monoisotopic (exact) mass is 453 g/mol. The first-order valence-electron chi connectivity index (χ1n) is 10.6. The lowest BCUT2D eigenvalue weighted by atomic mass is 10.1. The molecule has 2 aromatic carbocycles. The lowest BCUT2D eigenvalue weighted by Gasteiger charge is -2.36. The van der Waals surface area contributed by atoms with E-state index >= 15 is 0 Å². The minimum absolute atomic E-state index is 0.0171. The Bertz CT molecular complexity index is 1290. The molecule has 1 aliphatic heterocycles. The Morgan fingerprint density at radius 2 is 1.84 bits per heavy atom. The van der Waals surface area contributed by atoms with E-state index in [0.29, 0.717) is 29.0 Å². The number of halogens is 1. The summed E-state index contributed by atoms with van der Waals surface area (Å²) in [4.78, 5) is 21.5. The predicted octanol–water partition coefficient (Wildman–Crippen LogP) is 3.94. The summed E-state index contributed by atoms with van der Waals surface area (Å²) in [6.07, 6.45) is 0. The van der Waals surface area contributed by atoms with Crippen LogP contribution >= 0.6 is 11.6 Å². The van der Waals surface area contributed by atoms with Crippen molar-refractivity contribution in [3.05, 3.63) is 69.5 Å². The fourth-order valence-corrected chi connectivity index (χ4v) is 4.21. The van der Waals surface area contributed by atoms with Crippen LogP contribution in [0.3, 0.4) is 0 Å². The average Bonchev–Trinajstić information content (AvgIpc) is 3.39. The number of hydrogen-bond acceptors (Lipinski definition) is 7. The second-order valence-electron chi connectivity index (χ2n) is 8.20. The fourth-order valence-electron chi connectivity index (χ4n) is 4.05. The van der Waals surface area contributed by atoms with E-state index in [-0.39, 0.29) is 11.8 Å². The SMILES string of the molecule is Cc1ccc(-c2noc([C@H](C)N3CCN(Cn4c(=O)oc5cc(Cl)ccc54)CC3)n2)cc1. The summed E-state index contributed by atoms with van der Waals surface area (Å²) in [5.74, 6) is 0.854. The van der Waals surface area contributed by atoms with Gasteiger partial charge in [-0.25, -0.2) is 4.79 Å². The number of benzene rings is 2. The van der Waals surface area contributed by atoms with Crippen LogP contribution < -0.4 is 5.76 Å². The molecular weight excluding hydrogens is 430 g/mol. The molecule has 9 heteroatoms. The summed E-state index contributed by atoms with van der Waals surface area (Å²) < 4.78 is 12.6. The van der Waals surface area contributed by atoms with Crippen molar-refractivity contribution in [2.24, 2.45) is 0 Å². The van der Waals surface area contributed by atoms with Gasteiger partial charge in [0.05, 0.1) is 18.2 Å². The predicted molar refractivity (Wildman–Crippen MR) is 122 cm³/mol. The maximum atomic E-state index is 12.3. The molecule has 0 bridgehead atoms. The first-order chi connectivity index (χ1) is 15.5. The van der Waals surface area contributed by atoms with Crippen molar-refractivity contribution in [2.45, 2.75) is 26.6 Å². The van der Waals surface area contributed by atoms with Gasteiger partial charge < -0.3 is 8.94 Å². The summed E-state index contributed by atoms with van der Waals surface area (Å²) in [6.45, 7) is 7.91. The molecule has 1 atom stereocenters. The first-order valence-corrected chi connectivity index (χ1v) is 11.0. The van der Waals surface area contributed by atoms with Gasteiger partial charge >= 0.3 is 5.76 Å². The van der Waals surface area contributed by atoms with Gasteiger partial charge in [-0.05, 0) is 26.0 Å². The molecule has 3 heterocycles. The summed E-state index contributed by atoms with van der Waals surface area (Å²) in [7, 11) is 0. The average molecular weight is 454 g/mol. The van der Waals surface area contributed by atoms with E-state index in [9.17, 15) is 4.79 Å². The van der Waals surface area contributed by atoms with Crippen molar-refractivity contribution < 1.29 is 8.94 Å². The van der Waals surface area contributed by atoms with Crippen LogP contribution in [0.1, 0.15) is 24.4 Å². The Labute approximate surface area is 190 Å². The molecule has 32 heavy (non-hydrogen) atoms. The van der Waals surface area contributed by atoms with Gasteiger partial charge in [-0.1, -0.05) is 46.6 Å². The van der Waals surface area contributed by atoms with E-state index in [1.807, 2.05) is 37.3 Å². The molecule has 0 amide bonds. The zero-order chi connectivity index (χ0) is 22.2. The number of fused-ring (bicyclic) bond motifs is 1. The number of aromatic nitrogens is 3. The Morgan fingerprint density at radius 3 is 2.59 bits per heavy atom. The van der Waals surface area contributed by atoms with Crippen LogP contribution in [0.4, 0.5) is 0 Å². The van der Waals surface area contributed by atoms with Crippen LogP contribution in [0.25, 0.3) is 22.5 Å². The van der Waals surface area contributed by atoms with Gasteiger partial charge in [0.25, 0.3) is 0 Å². The number of oxazole rings is 1. The number of piperazine rings is 1. The van der Waals surface area contributed by atoms with Gasteiger partial charge in [0.1, 0.15) is 0 Å². The minimum Gasteiger partial charge on any atom is -0.408 e. The Balaban J connectivity index is 1.23. The van der Waals surface area contributed by atoms with E-state index in [1.165, 1.54) is 5.56 Å². The van der Waals surface area contributed by atoms with E-state index in [2.05, 4.69) is 26.9 Å². The first kappa shape index (κ1) is 20.9. The molecule has 0 N–H and O–H groups in total. The standard InChI is InChI=1S/C23H24ClN5O3/c1-15-3-5-17(6-4-15)21-25-22(32-26-21)16(2)28-11-9-27(10-12-28)14-29-19-8-7-18(24)13-20(19)31-23(29)30/h3-8,13,16H,9-12,14H2,1-2H3/t16-/m0/s1. The molecular formula is C23H24ClN5O3. The van der Waals surface area contributed by atoms with Crippen molar-refractivity contribution in [2.75, 3.05) is 26.2 Å². The van der Waals surface area contributed by atoms with Crippen LogP contribution in [-0.4, -0.2) is 50.7 Å².